The predicted molar refractivity (Wildman–Crippen MR) is 91.6 cm³/mol. The Labute approximate surface area is 140 Å². The zero-order chi connectivity index (χ0) is 16.7. The number of carbonyl (C=O) groups is 2. The van der Waals surface area contributed by atoms with Crippen molar-refractivity contribution in [2.45, 2.75) is 31.9 Å². The molecule has 0 radical (unpaired) electrons. The SMILES string of the molecule is CCOCC1(C(=O)Nc2cccc(CSCCC(=O)O)c2)CC1. The number of hydrogen-bond donors (Lipinski definition) is 2. The quantitative estimate of drug-likeness (QED) is 0.642. The number of anilines is 1. The number of benzene rings is 1. The maximum Gasteiger partial charge on any atom is 0.304 e. The van der Waals surface area contributed by atoms with Crippen molar-refractivity contribution in [3.63, 3.8) is 0 Å². The zero-order valence-corrected chi connectivity index (χ0v) is 14.2. The van der Waals surface area contributed by atoms with Crippen molar-refractivity contribution in [2.75, 3.05) is 24.3 Å². The van der Waals surface area contributed by atoms with Crippen molar-refractivity contribution >= 4 is 29.3 Å². The smallest absolute Gasteiger partial charge is 0.304 e. The van der Waals surface area contributed by atoms with Crippen LogP contribution in [0.15, 0.2) is 24.3 Å². The van der Waals surface area contributed by atoms with Crippen molar-refractivity contribution in [2.24, 2.45) is 5.41 Å². The average Bonchev–Trinajstić information content (AvgIpc) is 3.31. The number of carbonyl (C=O) groups excluding carboxylic acids is 1. The van der Waals surface area contributed by atoms with E-state index < -0.39 is 5.97 Å². The maximum absolute atomic E-state index is 12.4. The molecule has 6 heteroatoms. The third-order valence-corrected chi connectivity index (χ3v) is 4.86. The maximum atomic E-state index is 12.4. The molecule has 0 bridgehead atoms. The molecule has 0 aliphatic heterocycles. The molecule has 0 aromatic heterocycles. The summed E-state index contributed by atoms with van der Waals surface area (Å²) in [5.41, 5.74) is 1.52. The van der Waals surface area contributed by atoms with Crippen LogP contribution in [0.3, 0.4) is 0 Å². The van der Waals surface area contributed by atoms with Crippen LogP contribution in [-0.2, 0) is 20.1 Å². The molecule has 2 N–H and O–H groups in total. The molecule has 126 valence electrons. The Hall–Kier alpha value is -1.53. The standard InChI is InChI=1S/C17H23NO4S/c1-2-22-12-17(7-8-17)16(21)18-14-5-3-4-13(10-14)11-23-9-6-15(19)20/h3-5,10H,2,6-9,11-12H2,1H3,(H,18,21)(H,19,20). The average molecular weight is 337 g/mol. The number of ether oxygens (including phenoxy) is 1. The van der Waals surface area contributed by atoms with Crippen molar-refractivity contribution < 1.29 is 19.4 Å². The molecular formula is C17H23NO4S. The van der Waals surface area contributed by atoms with Gasteiger partial charge >= 0.3 is 5.97 Å². The van der Waals surface area contributed by atoms with Crippen LogP contribution in [-0.4, -0.2) is 35.9 Å². The molecule has 1 amide bonds. The van der Waals surface area contributed by atoms with Crippen molar-refractivity contribution in [3.8, 4) is 0 Å². The fourth-order valence-electron chi connectivity index (χ4n) is 2.24. The lowest BCUT2D eigenvalue weighted by atomic mass is 10.1. The van der Waals surface area contributed by atoms with Gasteiger partial charge in [-0.25, -0.2) is 0 Å². The lowest BCUT2D eigenvalue weighted by Gasteiger charge is -2.15. The highest BCUT2D eigenvalue weighted by Crippen LogP contribution is 2.46. The van der Waals surface area contributed by atoms with E-state index >= 15 is 0 Å². The van der Waals surface area contributed by atoms with Crippen LogP contribution in [0.25, 0.3) is 0 Å². The molecule has 0 heterocycles. The Kier molecular flexibility index (Phi) is 6.47. The highest BCUT2D eigenvalue weighted by molar-refractivity contribution is 7.98. The fourth-order valence-corrected chi connectivity index (χ4v) is 3.12. The van der Waals surface area contributed by atoms with Crippen LogP contribution in [0.5, 0.6) is 0 Å². The molecule has 1 aliphatic carbocycles. The molecule has 0 saturated heterocycles. The first-order valence-corrected chi connectivity index (χ1v) is 8.99. The van der Waals surface area contributed by atoms with Gasteiger partial charge in [-0.05, 0) is 37.5 Å². The van der Waals surface area contributed by atoms with E-state index in [0.29, 0.717) is 19.0 Å². The van der Waals surface area contributed by atoms with E-state index in [4.69, 9.17) is 9.84 Å². The van der Waals surface area contributed by atoms with Gasteiger partial charge in [-0.15, -0.1) is 0 Å². The van der Waals surface area contributed by atoms with Crippen molar-refractivity contribution in [3.05, 3.63) is 29.8 Å². The third kappa shape index (κ3) is 5.55. The van der Waals surface area contributed by atoms with Gasteiger partial charge in [0.05, 0.1) is 18.4 Å². The molecule has 0 spiro atoms. The summed E-state index contributed by atoms with van der Waals surface area (Å²) in [6, 6.07) is 7.71. The van der Waals surface area contributed by atoms with E-state index in [9.17, 15) is 9.59 Å². The Morgan fingerprint density at radius 1 is 1.39 bits per heavy atom. The van der Waals surface area contributed by atoms with Crippen LogP contribution in [0.2, 0.25) is 0 Å². The highest BCUT2D eigenvalue weighted by Gasteiger charge is 2.50. The van der Waals surface area contributed by atoms with E-state index in [0.717, 1.165) is 29.8 Å². The summed E-state index contributed by atoms with van der Waals surface area (Å²) in [6.07, 6.45) is 1.92. The second-order valence-corrected chi connectivity index (χ2v) is 6.87. The van der Waals surface area contributed by atoms with Gasteiger partial charge in [-0.1, -0.05) is 12.1 Å². The van der Waals surface area contributed by atoms with Crippen LogP contribution < -0.4 is 5.32 Å². The molecule has 0 unspecified atom stereocenters. The Morgan fingerprint density at radius 2 is 2.17 bits per heavy atom. The van der Waals surface area contributed by atoms with E-state index in [1.807, 2.05) is 31.2 Å². The van der Waals surface area contributed by atoms with E-state index in [1.54, 1.807) is 11.8 Å². The van der Waals surface area contributed by atoms with Crippen LogP contribution in [0, 0.1) is 5.41 Å². The molecule has 1 fully saturated rings. The molecule has 1 aromatic rings. The molecule has 1 aromatic carbocycles. The number of thioether (sulfide) groups is 1. The van der Waals surface area contributed by atoms with Gasteiger partial charge in [0.15, 0.2) is 0 Å². The minimum atomic E-state index is -0.775. The summed E-state index contributed by atoms with van der Waals surface area (Å²) in [6.45, 7) is 3.04. The van der Waals surface area contributed by atoms with Crippen molar-refractivity contribution in [1.82, 2.24) is 0 Å². The number of hydrogen-bond acceptors (Lipinski definition) is 4. The summed E-state index contributed by atoms with van der Waals surface area (Å²) in [5, 5.41) is 11.6. The van der Waals surface area contributed by atoms with Gasteiger partial charge in [0, 0.05) is 23.8 Å². The first-order chi connectivity index (χ1) is 11.1. The van der Waals surface area contributed by atoms with E-state index in [2.05, 4.69) is 5.32 Å². The van der Waals surface area contributed by atoms with E-state index in [-0.39, 0.29) is 17.7 Å². The minimum absolute atomic E-state index is 0.0293. The molecule has 23 heavy (non-hydrogen) atoms. The second-order valence-electron chi connectivity index (χ2n) is 5.77. The molecule has 1 saturated carbocycles. The fraction of sp³-hybridized carbons (Fsp3) is 0.529. The number of amides is 1. The molecule has 2 rings (SSSR count). The van der Waals surface area contributed by atoms with Gasteiger partial charge < -0.3 is 15.2 Å². The summed E-state index contributed by atoms with van der Waals surface area (Å²) < 4.78 is 5.42. The Morgan fingerprint density at radius 3 is 2.83 bits per heavy atom. The number of aliphatic carboxylic acids is 1. The molecular weight excluding hydrogens is 314 g/mol. The normalized spacial score (nSPS) is 15.2. The number of carboxylic acid groups (broad SMARTS) is 1. The van der Waals surface area contributed by atoms with Gasteiger partial charge in [0.2, 0.25) is 5.91 Å². The predicted octanol–water partition coefficient (Wildman–Crippen LogP) is 3.15. The lowest BCUT2D eigenvalue weighted by molar-refractivity contribution is -0.136. The topological polar surface area (TPSA) is 75.6 Å². The first-order valence-electron chi connectivity index (χ1n) is 7.83. The van der Waals surface area contributed by atoms with Gasteiger partial charge in [0.25, 0.3) is 0 Å². The van der Waals surface area contributed by atoms with E-state index in [1.165, 1.54) is 0 Å². The zero-order valence-electron chi connectivity index (χ0n) is 13.3. The number of rotatable bonds is 10. The van der Waals surface area contributed by atoms with Crippen LogP contribution in [0.1, 0.15) is 31.7 Å². The summed E-state index contributed by atoms with van der Waals surface area (Å²) >= 11 is 1.58. The van der Waals surface area contributed by atoms with Crippen LogP contribution in [0.4, 0.5) is 5.69 Å². The molecule has 0 atom stereocenters. The Balaban J connectivity index is 1.85. The lowest BCUT2D eigenvalue weighted by Crippen LogP contribution is -2.28. The summed E-state index contributed by atoms with van der Waals surface area (Å²) in [7, 11) is 0. The van der Waals surface area contributed by atoms with Gasteiger partial charge in [-0.3, -0.25) is 9.59 Å². The third-order valence-electron chi connectivity index (χ3n) is 3.83. The molecule has 1 aliphatic rings. The van der Waals surface area contributed by atoms with Crippen LogP contribution >= 0.6 is 11.8 Å². The first kappa shape index (κ1) is 17.8. The molecule has 5 nitrogen and oxygen atoms in total. The van der Waals surface area contributed by atoms with Gasteiger partial charge in [0.1, 0.15) is 0 Å². The number of nitrogens with one attached hydrogen (secondary N) is 1. The highest BCUT2D eigenvalue weighted by atomic mass is 32.2. The Bertz CT molecular complexity index is 557. The summed E-state index contributed by atoms with van der Waals surface area (Å²) in [5.74, 6) is 0.578. The second kappa shape index (κ2) is 8.36. The largest absolute Gasteiger partial charge is 0.481 e. The van der Waals surface area contributed by atoms with Crippen molar-refractivity contribution in [1.29, 1.82) is 0 Å². The van der Waals surface area contributed by atoms with Gasteiger partial charge in [-0.2, -0.15) is 11.8 Å². The summed E-state index contributed by atoms with van der Waals surface area (Å²) in [4.78, 5) is 22.9. The monoisotopic (exact) mass is 337 g/mol. The number of carboxylic acids is 1. The minimum Gasteiger partial charge on any atom is -0.481 e.